The van der Waals surface area contributed by atoms with Crippen LogP contribution in [0.2, 0.25) is 0 Å². The fraction of sp³-hybridized carbons (Fsp3) is 0.727. The molecule has 0 heterocycles. The van der Waals surface area contributed by atoms with E-state index in [9.17, 15) is 14.7 Å². The molecule has 25 heavy (non-hydrogen) atoms. The molecule has 0 aromatic carbocycles. The molecule has 7 atom stereocenters. The molecule has 0 aliphatic heterocycles. The number of carboxylic acid groups (broad SMARTS) is 1. The SMILES string of the molecule is CC(C(=O)O)[C@H]1CC[C@H]2[C@@H]3CCC4=CC(=O)C=C[C@]4(C)[C@H]3CC[C@]12C. The first-order valence-corrected chi connectivity index (χ1v) is 9.94. The topological polar surface area (TPSA) is 54.4 Å². The Morgan fingerprint density at radius 3 is 2.68 bits per heavy atom. The van der Waals surface area contributed by atoms with Crippen LogP contribution in [-0.4, -0.2) is 16.9 Å². The normalized spacial score (nSPS) is 46.7. The van der Waals surface area contributed by atoms with E-state index in [1.807, 2.05) is 13.0 Å². The molecule has 0 spiro atoms. The molecule has 0 saturated heterocycles. The van der Waals surface area contributed by atoms with Gasteiger partial charge in [0, 0.05) is 5.41 Å². The number of ketones is 1. The van der Waals surface area contributed by atoms with Gasteiger partial charge >= 0.3 is 5.97 Å². The third-order valence-electron chi connectivity index (χ3n) is 8.62. The van der Waals surface area contributed by atoms with Crippen LogP contribution < -0.4 is 0 Å². The Bertz CT molecular complexity index is 675. The Morgan fingerprint density at radius 2 is 1.96 bits per heavy atom. The average molecular weight is 342 g/mol. The van der Waals surface area contributed by atoms with Gasteiger partial charge in [0.15, 0.2) is 5.78 Å². The van der Waals surface area contributed by atoms with Crippen LogP contribution in [0.25, 0.3) is 0 Å². The summed E-state index contributed by atoms with van der Waals surface area (Å²) >= 11 is 0. The van der Waals surface area contributed by atoms with E-state index in [1.54, 1.807) is 6.08 Å². The standard InChI is InChI=1S/C22H30O3/c1-13(20(24)25)17-6-7-18-16-5-4-14-12-15(23)8-10-21(14,2)19(16)9-11-22(17,18)3/h8,10,12-13,16-19H,4-7,9,11H2,1-3H3,(H,24,25)/t13?,16-,17+,18-,19-,21-,22+/m0/s1. The van der Waals surface area contributed by atoms with Crippen molar-refractivity contribution in [3.8, 4) is 0 Å². The highest BCUT2D eigenvalue weighted by molar-refractivity contribution is 6.01. The molecule has 0 aromatic heterocycles. The summed E-state index contributed by atoms with van der Waals surface area (Å²) in [6.45, 7) is 6.61. The minimum Gasteiger partial charge on any atom is -0.481 e. The van der Waals surface area contributed by atoms with Gasteiger partial charge in [-0.1, -0.05) is 32.4 Å². The minimum atomic E-state index is -0.636. The van der Waals surface area contributed by atoms with E-state index in [1.165, 1.54) is 18.4 Å². The summed E-state index contributed by atoms with van der Waals surface area (Å²) in [4.78, 5) is 23.4. The number of carbonyl (C=O) groups is 2. The molecule has 3 nitrogen and oxygen atoms in total. The largest absolute Gasteiger partial charge is 0.481 e. The van der Waals surface area contributed by atoms with E-state index in [0.29, 0.717) is 23.7 Å². The fourth-order valence-electron chi connectivity index (χ4n) is 7.23. The molecule has 4 rings (SSSR count). The molecule has 3 saturated carbocycles. The summed E-state index contributed by atoms with van der Waals surface area (Å²) in [7, 11) is 0. The average Bonchev–Trinajstić information content (AvgIpc) is 2.92. The second-order valence-corrected chi connectivity index (χ2v) is 9.46. The Hall–Kier alpha value is -1.38. The molecule has 1 unspecified atom stereocenters. The lowest BCUT2D eigenvalue weighted by molar-refractivity contribution is -0.146. The summed E-state index contributed by atoms with van der Waals surface area (Å²) in [5, 5.41) is 9.55. The summed E-state index contributed by atoms with van der Waals surface area (Å²) in [6.07, 6.45) is 12.6. The molecule has 0 bridgehead atoms. The molecular weight excluding hydrogens is 312 g/mol. The number of carboxylic acids is 1. The van der Waals surface area contributed by atoms with Crippen LogP contribution in [0.5, 0.6) is 0 Å². The summed E-state index contributed by atoms with van der Waals surface area (Å²) < 4.78 is 0. The number of hydrogen-bond acceptors (Lipinski definition) is 2. The van der Waals surface area contributed by atoms with Gasteiger partial charge in [0.2, 0.25) is 0 Å². The number of allylic oxidation sites excluding steroid dienone is 4. The maximum atomic E-state index is 11.8. The van der Waals surface area contributed by atoms with Gasteiger partial charge in [0.1, 0.15) is 0 Å². The highest BCUT2D eigenvalue weighted by atomic mass is 16.4. The van der Waals surface area contributed by atoms with Crippen molar-refractivity contribution in [2.45, 2.75) is 59.3 Å². The van der Waals surface area contributed by atoms with Gasteiger partial charge < -0.3 is 5.11 Å². The lowest BCUT2D eigenvalue weighted by atomic mass is 9.47. The van der Waals surface area contributed by atoms with E-state index in [2.05, 4.69) is 19.9 Å². The van der Waals surface area contributed by atoms with Crippen LogP contribution >= 0.6 is 0 Å². The molecule has 0 radical (unpaired) electrons. The van der Waals surface area contributed by atoms with Gasteiger partial charge in [-0.2, -0.15) is 0 Å². The Kier molecular flexibility index (Phi) is 3.79. The third-order valence-corrected chi connectivity index (χ3v) is 8.62. The lowest BCUT2D eigenvalue weighted by Gasteiger charge is -2.57. The Balaban J connectivity index is 1.65. The minimum absolute atomic E-state index is 0.0364. The van der Waals surface area contributed by atoms with E-state index in [0.717, 1.165) is 25.7 Å². The van der Waals surface area contributed by atoms with E-state index >= 15 is 0 Å². The predicted molar refractivity (Wildman–Crippen MR) is 96.9 cm³/mol. The van der Waals surface area contributed by atoms with E-state index in [-0.39, 0.29) is 22.5 Å². The zero-order valence-electron chi connectivity index (χ0n) is 15.6. The molecular formula is C22H30O3. The monoisotopic (exact) mass is 342 g/mol. The maximum Gasteiger partial charge on any atom is 0.306 e. The Labute approximate surface area is 150 Å². The first-order valence-electron chi connectivity index (χ1n) is 9.94. The van der Waals surface area contributed by atoms with Gasteiger partial charge in [0.25, 0.3) is 0 Å². The lowest BCUT2D eigenvalue weighted by Crippen LogP contribution is -2.50. The molecule has 0 amide bonds. The van der Waals surface area contributed by atoms with Crippen molar-refractivity contribution in [2.75, 3.05) is 0 Å². The molecule has 4 aliphatic carbocycles. The Morgan fingerprint density at radius 1 is 1.20 bits per heavy atom. The zero-order chi connectivity index (χ0) is 18.0. The van der Waals surface area contributed by atoms with Gasteiger partial charge in [-0.3, -0.25) is 9.59 Å². The zero-order valence-corrected chi connectivity index (χ0v) is 15.6. The van der Waals surface area contributed by atoms with Crippen LogP contribution in [0.15, 0.2) is 23.8 Å². The third kappa shape index (κ3) is 2.30. The molecule has 4 aliphatic rings. The highest BCUT2D eigenvalue weighted by Crippen LogP contribution is 2.66. The second-order valence-electron chi connectivity index (χ2n) is 9.46. The summed E-state index contributed by atoms with van der Waals surface area (Å²) in [5.41, 5.74) is 1.54. The molecule has 136 valence electrons. The number of aliphatic carboxylic acids is 1. The highest BCUT2D eigenvalue weighted by Gasteiger charge is 2.59. The van der Waals surface area contributed by atoms with Crippen molar-refractivity contribution in [3.63, 3.8) is 0 Å². The predicted octanol–water partition coefficient (Wildman–Crippen LogP) is 4.63. The van der Waals surface area contributed by atoms with Gasteiger partial charge in [-0.25, -0.2) is 0 Å². The van der Waals surface area contributed by atoms with Crippen LogP contribution in [0, 0.1) is 40.4 Å². The molecule has 1 N–H and O–H groups in total. The van der Waals surface area contributed by atoms with Gasteiger partial charge in [0.05, 0.1) is 5.92 Å². The van der Waals surface area contributed by atoms with Crippen LogP contribution in [0.3, 0.4) is 0 Å². The fourth-order valence-corrected chi connectivity index (χ4v) is 7.23. The van der Waals surface area contributed by atoms with Crippen LogP contribution in [-0.2, 0) is 9.59 Å². The van der Waals surface area contributed by atoms with Crippen molar-refractivity contribution >= 4 is 11.8 Å². The van der Waals surface area contributed by atoms with Crippen LogP contribution in [0.4, 0.5) is 0 Å². The van der Waals surface area contributed by atoms with Crippen molar-refractivity contribution in [1.82, 2.24) is 0 Å². The van der Waals surface area contributed by atoms with Gasteiger partial charge in [-0.15, -0.1) is 0 Å². The molecule has 3 fully saturated rings. The summed E-state index contributed by atoms with van der Waals surface area (Å²) in [5.74, 6) is 1.49. The quantitative estimate of drug-likeness (QED) is 0.796. The first kappa shape index (κ1) is 17.1. The van der Waals surface area contributed by atoms with Crippen molar-refractivity contribution in [1.29, 1.82) is 0 Å². The number of rotatable bonds is 2. The number of hydrogen-bond donors (Lipinski definition) is 1. The van der Waals surface area contributed by atoms with Crippen molar-refractivity contribution in [3.05, 3.63) is 23.8 Å². The number of carbonyl (C=O) groups excluding carboxylic acids is 1. The van der Waals surface area contributed by atoms with E-state index in [4.69, 9.17) is 0 Å². The summed E-state index contributed by atoms with van der Waals surface area (Å²) in [6, 6.07) is 0. The van der Waals surface area contributed by atoms with Gasteiger partial charge in [-0.05, 0) is 79.8 Å². The van der Waals surface area contributed by atoms with Crippen molar-refractivity contribution < 1.29 is 14.7 Å². The van der Waals surface area contributed by atoms with E-state index < -0.39 is 5.97 Å². The molecule has 3 heteroatoms. The maximum absolute atomic E-state index is 11.8. The second kappa shape index (κ2) is 5.56. The molecule has 0 aromatic rings. The smallest absolute Gasteiger partial charge is 0.306 e. The van der Waals surface area contributed by atoms with Crippen LogP contribution in [0.1, 0.15) is 59.3 Å². The number of fused-ring (bicyclic) bond motifs is 5. The van der Waals surface area contributed by atoms with Crippen molar-refractivity contribution in [2.24, 2.45) is 40.4 Å². The first-order chi connectivity index (χ1) is 11.8.